The van der Waals surface area contributed by atoms with Crippen molar-refractivity contribution in [2.24, 2.45) is 0 Å². The molecule has 0 saturated heterocycles. The predicted octanol–water partition coefficient (Wildman–Crippen LogP) is 3.71. The third-order valence-corrected chi connectivity index (χ3v) is 4.98. The van der Waals surface area contributed by atoms with E-state index in [2.05, 4.69) is 13.2 Å². The molecule has 2 N–H and O–H groups in total. The van der Waals surface area contributed by atoms with Gasteiger partial charge in [0.15, 0.2) is 0 Å². The molecule has 8 heteroatoms. The molecule has 8 nitrogen and oxygen atoms in total. The van der Waals surface area contributed by atoms with Gasteiger partial charge in [0.2, 0.25) is 0 Å². The summed E-state index contributed by atoms with van der Waals surface area (Å²) in [5.74, 6) is 0.0799. The van der Waals surface area contributed by atoms with Crippen LogP contribution in [0, 0.1) is 0 Å². The number of carbonyl (C=O) groups is 2. The smallest absolute Gasteiger partial charge is 0.335 e. The monoisotopic (exact) mass is 484 g/mol. The van der Waals surface area contributed by atoms with Crippen LogP contribution < -0.4 is 18.9 Å². The molecule has 2 aromatic carbocycles. The van der Waals surface area contributed by atoms with Gasteiger partial charge in [0, 0.05) is 40.8 Å². The SMILES string of the molecule is C=CC(=O)Oc1ccc(C(C)(C)c2ccc(OC(=O)C=C)cc2OCC(C)O)c(OCC(C)O)c1. The number of benzene rings is 2. The molecular formula is C27H32O8. The number of rotatable bonds is 12. The second kappa shape index (κ2) is 12.2. The lowest BCUT2D eigenvalue weighted by Crippen LogP contribution is -2.24. The summed E-state index contributed by atoms with van der Waals surface area (Å²) in [5.41, 5.74) is 0.702. The highest BCUT2D eigenvalue weighted by molar-refractivity contribution is 5.84. The van der Waals surface area contributed by atoms with Gasteiger partial charge in [-0.2, -0.15) is 0 Å². The molecule has 188 valence electrons. The summed E-state index contributed by atoms with van der Waals surface area (Å²) in [5, 5.41) is 19.5. The molecule has 0 bridgehead atoms. The van der Waals surface area contributed by atoms with E-state index in [1.807, 2.05) is 13.8 Å². The maximum absolute atomic E-state index is 11.7. The van der Waals surface area contributed by atoms with Crippen LogP contribution in [0.2, 0.25) is 0 Å². The van der Waals surface area contributed by atoms with E-state index in [0.717, 1.165) is 12.2 Å². The Kier molecular flexibility index (Phi) is 9.62. The molecule has 0 spiro atoms. The van der Waals surface area contributed by atoms with Crippen LogP contribution in [-0.2, 0) is 15.0 Å². The van der Waals surface area contributed by atoms with E-state index in [1.54, 1.807) is 50.2 Å². The summed E-state index contributed by atoms with van der Waals surface area (Å²) in [6.07, 6.45) is 0.657. The molecule has 0 radical (unpaired) electrons. The van der Waals surface area contributed by atoms with Crippen LogP contribution in [0.15, 0.2) is 61.7 Å². The van der Waals surface area contributed by atoms with Crippen molar-refractivity contribution in [3.05, 3.63) is 72.8 Å². The summed E-state index contributed by atoms with van der Waals surface area (Å²) < 4.78 is 22.2. The average molecular weight is 485 g/mol. The minimum atomic E-state index is -0.732. The Hall–Kier alpha value is -3.62. The van der Waals surface area contributed by atoms with Crippen molar-refractivity contribution in [1.82, 2.24) is 0 Å². The number of carbonyl (C=O) groups excluding carboxylic acids is 2. The van der Waals surface area contributed by atoms with Crippen LogP contribution in [-0.4, -0.2) is 47.6 Å². The van der Waals surface area contributed by atoms with Crippen molar-refractivity contribution in [3.63, 3.8) is 0 Å². The minimum Gasteiger partial charge on any atom is -0.490 e. The van der Waals surface area contributed by atoms with Gasteiger partial charge in [-0.1, -0.05) is 39.1 Å². The lowest BCUT2D eigenvalue weighted by atomic mass is 9.77. The third kappa shape index (κ3) is 7.70. The zero-order chi connectivity index (χ0) is 26.2. The van der Waals surface area contributed by atoms with Gasteiger partial charge in [-0.3, -0.25) is 0 Å². The Morgan fingerprint density at radius 3 is 1.51 bits per heavy atom. The molecular weight excluding hydrogens is 452 g/mol. The molecule has 0 aliphatic rings. The molecule has 0 aromatic heterocycles. The molecule has 35 heavy (non-hydrogen) atoms. The van der Waals surface area contributed by atoms with Gasteiger partial charge in [0.25, 0.3) is 0 Å². The lowest BCUT2D eigenvalue weighted by molar-refractivity contribution is -0.129. The second-order valence-electron chi connectivity index (χ2n) is 8.51. The lowest BCUT2D eigenvalue weighted by Gasteiger charge is -2.30. The maximum atomic E-state index is 11.7. The molecule has 0 saturated carbocycles. The third-order valence-electron chi connectivity index (χ3n) is 4.98. The first-order valence-corrected chi connectivity index (χ1v) is 11.1. The Morgan fingerprint density at radius 1 is 0.829 bits per heavy atom. The quantitative estimate of drug-likeness (QED) is 0.266. The van der Waals surface area contributed by atoms with E-state index in [1.165, 1.54) is 0 Å². The van der Waals surface area contributed by atoms with E-state index in [-0.39, 0.29) is 24.7 Å². The van der Waals surface area contributed by atoms with Crippen LogP contribution in [0.25, 0.3) is 0 Å². The number of esters is 2. The Bertz CT molecular complexity index is 985. The van der Waals surface area contributed by atoms with Crippen molar-refractivity contribution in [3.8, 4) is 23.0 Å². The maximum Gasteiger partial charge on any atom is 0.335 e. The molecule has 0 amide bonds. The summed E-state index contributed by atoms with van der Waals surface area (Å²) in [7, 11) is 0. The van der Waals surface area contributed by atoms with Crippen LogP contribution in [0.5, 0.6) is 23.0 Å². The van der Waals surface area contributed by atoms with Crippen molar-refractivity contribution < 1.29 is 38.7 Å². The molecule has 2 atom stereocenters. The number of aliphatic hydroxyl groups excluding tert-OH is 2. The predicted molar refractivity (Wildman–Crippen MR) is 131 cm³/mol. The molecule has 0 heterocycles. The molecule has 2 unspecified atom stereocenters. The van der Waals surface area contributed by atoms with Gasteiger partial charge in [-0.15, -0.1) is 0 Å². The van der Waals surface area contributed by atoms with E-state index < -0.39 is 29.6 Å². The van der Waals surface area contributed by atoms with Crippen molar-refractivity contribution in [2.45, 2.75) is 45.3 Å². The standard InChI is InChI=1S/C27H32O8/c1-7-25(30)34-19-9-11-21(23(13-19)32-15-17(3)28)27(5,6)22-12-10-20(35-26(31)8-2)14-24(22)33-16-18(4)29/h7-14,17-18,28-29H,1-2,15-16H2,3-6H3. The zero-order valence-corrected chi connectivity index (χ0v) is 20.4. The van der Waals surface area contributed by atoms with Gasteiger partial charge in [0.05, 0.1) is 12.2 Å². The summed E-state index contributed by atoms with van der Waals surface area (Å²) in [4.78, 5) is 23.3. The summed E-state index contributed by atoms with van der Waals surface area (Å²) in [6, 6.07) is 9.91. The van der Waals surface area contributed by atoms with Crippen molar-refractivity contribution >= 4 is 11.9 Å². The van der Waals surface area contributed by atoms with Gasteiger partial charge in [0.1, 0.15) is 36.2 Å². The van der Waals surface area contributed by atoms with Gasteiger partial charge < -0.3 is 29.2 Å². The van der Waals surface area contributed by atoms with E-state index in [9.17, 15) is 19.8 Å². The van der Waals surface area contributed by atoms with E-state index in [4.69, 9.17) is 18.9 Å². The number of hydrogen-bond acceptors (Lipinski definition) is 8. The average Bonchev–Trinajstić information content (AvgIpc) is 2.81. The fraction of sp³-hybridized carbons (Fsp3) is 0.333. The Labute approximate surface area is 205 Å². The Balaban J connectivity index is 2.58. The highest BCUT2D eigenvalue weighted by Crippen LogP contribution is 2.43. The van der Waals surface area contributed by atoms with E-state index in [0.29, 0.717) is 22.6 Å². The Morgan fingerprint density at radius 2 is 1.20 bits per heavy atom. The highest BCUT2D eigenvalue weighted by atomic mass is 16.5. The fourth-order valence-corrected chi connectivity index (χ4v) is 3.29. The molecule has 2 aromatic rings. The van der Waals surface area contributed by atoms with Crippen LogP contribution in [0.1, 0.15) is 38.8 Å². The molecule has 0 fully saturated rings. The first kappa shape index (κ1) is 27.6. The topological polar surface area (TPSA) is 112 Å². The van der Waals surface area contributed by atoms with Crippen molar-refractivity contribution in [2.75, 3.05) is 13.2 Å². The highest BCUT2D eigenvalue weighted by Gasteiger charge is 2.31. The molecule has 0 aliphatic heterocycles. The van der Waals surface area contributed by atoms with Gasteiger partial charge >= 0.3 is 11.9 Å². The van der Waals surface area contributed by atoms with Crippen LogP contribution in [0.3, 0.4) is 0 Å². The van der Waals surface area contributed by atoms with Crippen molar-refractivity contribution in [1.29, 1.82) is 0 Å². The van der Waals surface area contributed by atoms with Gasteiger partial charge in [-0.25, -0.2) is 9.59 Å². The first-order chi connectivity index (χ1) is 16.5. The second-order valence-corrected chi connectivity index (χ2v) is 8.51. The number of aliphatic hydroxyl groups is 2. The fourth-order valence-electron chi connectivity index (χ4n) is 3.29. The summed E-state index contributed by atoms with van der Waals surface area (Å²) in [6.45, 7) is 13.9. The summed E-state index contributed by atoms with van der Waals surface area (Å²) >= 11 is 0. The van der Waals surface area contributed by atoms with Crippen LogP contribution >= 0.6 is 0 Å². The van der Waals surface area contributed by atoms with Crippen LogP contribution in [0.4, 0.5) is 0 Å². The molecule has 2 rings (SSSR count). The van der Waals surface area contributed by atoms with E-state index >= 15 is 0 Å². The first-order valence-electron chi connectivity index (χ1n) is 11.1. The number of hydrogen-bond donors (Lipinski definition) is 2. The normalized spacial score (nSPS) is 12.7. The van der Waals surface area contributed by atoms with Gasteiger partial charge in [-0.05, 0) is 26.0 Å². The zero-order valence-electron chi connectivity index (χ0n) is 20.4. The minimum absolute atomic E-state index is 0.0176. The largest absolute Gasteiger partial charge is 0.490 e. The number of ether oxygens (including phenoxy) is 4. The molecule has 0 aliphatic carbocycles.